The fourth-order valence-electron chi connectivity index (χ4n) is 3.68. The minimum absolute atomic E-state index is 0.144. The Morgan fingerprint density at radius 3 is 2.70 bits per heavy atom. The molecule has 0 bridgehead atoms. The first-order chi connectivity index (χ1) is 15.9. The molecule has 172 valence electrons. The average Bonchev–Trinajstić information content (AvgIpc) is 2.80. The van der Waals surface area contributed by atoms with Crippen LogP contribution in [0.5, 0.6) is 5.75 Å². The Hall–Kier alpha value is -3.14. The number of nitrogens with zero attached hydrogens (tertiary/aromatic N) is 3. The largest absolute Gasteiger partial charge is 0.497 e. The molecule has 9 nitrogen and oxygen atoms in total. The van der Waals surface area contributed by atoms with Gasteiger partial charge < -0.3 is 20.5 Å². The topological polar surface area (TPSA) is 121 Å². The molecule has 3 aromatic rings. The van der Waals surface area contributed by atoms with Gasteiger partial charge >= 0.3 is 0 Å². The van der Waals surface area contributed by atoms with Crippen LogP contribution in [0.2, 0.25) is 10.0 Å². The normalized spacial score (nSPS) is 15.8. The van der Waals surface area contributed by atoms with Crippen molar-refractivity contribution in [2.24, 2.45) is 0 Å². The van der Waals surface area contributed by atoms with Gasteiger partial charge in [-0.1, -0.05) is 23.2 Å². The number of ether oxygens (including phenoxy) is 2. The summed E-state index contributed by atoms with van der Waals surface area (Å²) in [5.41, 5.74) is 6.36. The monoisotopic (exact) mass is 489 g/mol. The first-order valence-electron chi connectivity index (χ1n) is 10.1. The molecular weight excluding hydrogens is 469 g/mol. The molecule has 0 aliphatic carbocycles. The zero-order chi connectivity index (χ0) is 23.5. The molecule has 1 saturated heterocycles. The van der Waals surface area contributed by atoms with Crippen molar-refractivity contribution in [1.29, 1.82) is 0 Å². The zero-order valence-corrected chi connectivity index (χ0v) is 19.2. The number of amides is 1. The third kappa shape index (κ3) is 4.80. The zero-order valence-electron chi connectivity index (χ0n) is 17.7. The summed E-state index contributed by atoms with van der Waals surface area (Å²) in [6.07, 6.45) is 6.34. The summed E-state index contributed by atoms with van der Waals surface area (Å²) in [6.45, 7) is 1.35. The Labute approximate surface area is 199 Å². The lowest BCUT2D eigenvalue weighted by atomic mass is 9.95. The molecule has 1 aliphatic rings. The second-order valence-electron chi connectivity index (χ2n) is 7.49. The maximum absolute atomic E-state index is 13.2. The first kappa shape index (κ1) is 23.0. The van der Waals surface area contributed by atoms with Gasteiger partial charge in [-0.15, -0.1) is 0 Å². The van der Waals surface area contributed by atoms with Gasteiger partial charge in [0.2, 0.25) is 0 Å². The van der Waals surface area contributed by atoms with Crippen LogP contribution in [0.4, 0.5) is 11.5 Å². The number of benzene rings is 1. The van der Waals surface area contributed by atoms with Gasteiger partial charge in [-0.2, -0.15) is 0 Å². The molecule has 1 fully saturated rings. The number of methoxy groups -OCH3 is 1. The molecule has 0 saturated carbocycles. The lowest BCUT2D eigenvalue weighted by Gasteiger charge is -2.22. The molecule has 33 heavy (non-hydrogen) atoms. The van der Waals surface area contributed by atoms with Crippen LogP contribution >= 0.6 is 23.2 Å². The van der Waals surface area contributed by atoms with E-state index in [2.05, 4.69) is 15.3 Å². The van der Waals surface area contributed by atoms with Gasteiger partial charge in [0.1, 0.15) is 23.5 Å². The van der Waals surface area contributed by atoms with E-state index in [1.54, 1.807) is 6.20 Å². The predicted molar refractivity (Wildman–Crippen MR) is 126 cm³/mol. The number of pyridine rings is 1. The molecular formula is C22H21Cl2N5O4. The fourth-order valence-corrected chi connectivity index (χ4v) is 4.33. The smallest absolute Gasteiger partial charge is 0.273 e. The number of anilines is 2. The van der Waals surface area contributed by atoms with Crippen LogP contribution in [0.15, 0.2) is 41.7 Å². The number of hydrogen-bond acceptors (Lipinski definition) is 7. The number of carbonyl (C=O) groups excluding carboxylic acids is 1. The van der Waals surface area contributed by atoms with E-state index >= 15 is 0 Å². The standard InChI is InChI=1S/C22H21Cl2N5O4/c1-32-15-6-16(23)19(17(24)7-15)29-11-27-20(25)18(22(29)31)21(30)28-14-5-13(8-26-9-14)12-3-2-4-33-10-12/h5-9,11-12H,2-4,10,25H2,1H3,(H,28,30). The SMILES string of the molecule is COc1cc(Cl)c(-n2cnc(N)c(C(=O)Nc3cncc(C4CCCOC4)c3)c2=O)c(Cl)c1. The van der Waals surface area contributed by atoms with Crippen LogP contribution in [0.25, 0.3) is 5.69 Å². The van der Waals surface area contributed by atoms with Crippen LogP contribution in [0.3, 0.4) is 0 Å². The molecule has 3 N–H and O–H groups in total. The molecule has 1 aliphatic heterocycles. The van der Waals surface area contributed by atoms with Crippen molar-refractivity contribution in [3.05, 3.63) is 68.4 Å². The van der Waals surface area contributed by atoms with Gasteiger partial charge in [-0.25, -0.2) is 4.98 Å². The minimum atomic E-state index is -0.723. The van der Waals surface area contributed by atoms with Crippen molar-refractivity contribution in [2.75, 3.05) is 31.4 Å². The number of halogens is 2. The Morgan fingerprint density at radius 2 is 2.03 bits per heavy atom. The number of carbonyl (C=O) groups is 1. The predicted octanol–water partition coefficient (Wildman–Crippen LogP) is 3.67. The van der Waals surface area contributed by atoms with Gasteiger partial charge in [-0.3, -0.25) is 19.1 Å². The summed E-state index contributed by atoms with van der Waals surface area (Å²) < 4.78 is 11.7. The van der Waals surface area contributed by atoms with Crippen molar-refractivity contribution in [1.82, 2.24) is 14.5 Å². The number of hydrogen-bond donors (Lipinski definition) is 2. The molecule has 3 heterocycles. The maximum Gasteiger partial charge on any atom is 0.273 e. The summed E-state index contributed by atoms with van der Waals surface area (Å²) >= 11 is 12.6. The van der Waals surface area contributed by atoms with E-state index in [0.29, 0.717) is 18.0 Å². The van der Waals surface area contributed by atoms with E-state index in [0.717, 1.165) is 29.6 Å². The molecule has 1 atom stereocenters. The van der Waals surface area contributed by atoms with Crippen LogP contribution in [-0.2, 0) is 4.74 Å². The number of nitrogen functional groups attached to an aromatic ring is 1. The average molecular weight is 490 g/mol. The van der Waals surface area contributed by atoms with Gasteiger partial charge in [0, 0.05) is 30.9 Å². The third-order valence-corrected chi connectivity index (χ3v) is 5.92. The number of nitrogens with two attached hydrogens (primary N) is 1. The van der Waals surface area contributed by atoms with Gasteiger partial charge in [0.05, 0.1) is 41.3 Å². The van der Waals surface area contributed by atoms with E-state index in [9.17, 15) is 9.59 Å². The van der Waals surface area contributed by atoms with Crippen molar-refractivity contribution in [2.45, 2.75) is 18.8 Å². The van der Waals surface area contributed by atoms with Crippen molar-refractivity contribution < 1.29 is 14.3 Å². The fraction of sp³-hybridized carbons (Fsp3) is 0.273. The van der Waals surface area contributed by atoms with Gasteiger partial charge in [-0.05, 0) is 24.5 Å². The van der Waals surface area contributed by atoms with Crippen molar-refractivity contribution in [3.63, 3.8) is 0 Å². The summed E-state index contributed by atoms with van der Waals surface area (Å²) in [5, 5.41) is 2.97. The molecule has 4 rings (SSSR count). The highest BCUT2D eigenvalue weighted by atomic mass is 35.5. The Morgan fingerprint density at radius 1 is 1.27 bits per heavy atom. The van der Waals surface area contributed by atoms with Crippen molar-refractivity contribution >= 4 is 40.6 Å². The summed E-state index contributed by atoms with van der Waals surface area (Å²) in [5.74, 6) is -0.333. The molecule has 0 radical (unpaired) electrons. The molecule has 1 aromatic carbocycles. The molecule has 1 amide bonds. The number of rotatable bonds is 5. The van der Waals surface area contributed by atoms with E-state index in [-0.39, 0.29) is 33.0 Å². The second kappa shape index (κ2) is 9.78. The van der Waals surface area contributed by atoms with Crippen molar-refractivity contribution in [3.8, 4) is 11.4 Å². The summed E-state index contributed by atoms with van der Waals surface area (Å²) in [7, 11) is 1.46. The lowest BCUT2D eigenvalue weighted by Crippen LogP contribution is -2.31. The van der Waals surface area contributed by atoms with E-state index in [4.69, 9.17) is 38.4 Å². The van der Waals surface area contributed by atoms with E-state index < -0.39 is 11.5 Å². The van der Waals surface area contributed by atoms with Crippen LogP contribution in [-0.4, -0.2) is 40.8 Å². The molecule has 2 aromatic heterocycles. The highest BCUT2D eigenvalue weighted by molar-refractivity contribution is 6.38. The quantitative estimate of drug-likeness (QED) is 0.560. The molecule has 11 heteroatoms. The molecule has 1 unspecified atom stereocenters. The third-order valence-electron chi connectivity index (χ3n) is 5.34. The highest BCUT2D eigenvalue weighted by Gasteiger charge is 2.22. The number of aromatic nitrogens is 3. The Balaban J connectivity index is 1.67. The highest BCUT2D eigenvalue weighted by Crippen LogP contribution is 2.32. The Bertz CT molecular complexity index is 1230. The lowest BCUT2D eigenvalue weighted by molar-refractivity contribution is 0.0804. The maximum atomic E-state index is 13.2. The van der Waals surface area contributed by atoms with Crippen LogP contribution in [0.1, 0.15) is 34.7 Å². The van der Waals surface area contributed by atoms with Gasteiger partial charge in [0.15, 0.2) is 0 Å². The van der Waals surface area contributed by atoms with E-state index in [1.807, 2.05) is 6.07 Å². The summed E-state index contributed by atoms with van der Waals surface area (Å²) in [6, 6.07) is 4.81. The van der Waals surface area contributed by atoms with Gasteiger partial charge in [0.25, 0.3) is 11.5 Å². The number of nitrogens with one attached hydrogen (secondary N) is 1. The second-order valence-corrected chi connectivity index (χ2v) is 8.31. The minimum Gasteiger partial charge on any atom is -0.497 e. The summed E-state index contributed by atoms with van der Waals surface area (Å²) in [4.78, 5) is 34.4. The Kier molecular flexibility index (Phi) is 6.83. The van der Waals surface area contributed by atoms with E-state index in [1.165, 1.54) is 31.8 Å². The van der Waals surface area contributed by atoms with Crippen LogP contribution < -0.4 is 21.3 Å². The molecule has 0 spiro atoms. The first-order valence-corrected chi connectivity index (χ1v) is 10.9. The van der Waals surface area contributed by atoms with Crippen LogP contribution in [0, 0.1) is 0 Å².